The zero-order chi connectivity index (χ0) is 18.0. The van der Waals surface area contributed by atoms with Crippen LogP contribution in [-0.2, 0) is 5.41 Å². The van der Waals surface area contributed by atoms with Gasteiger partial charge in [-0.1, -0.05) is 43.6 Å². The van der Waals surface area contributed by atoms with Gasteiger partial charge in [-0.3, -0.25) is 4.79 Å². The number of nitrogens with zero attached hydrogens (tertiary/aromatic N) is 2. The molecule has 0 radical (unpaired) electrons. The van der Waals surface area contributed by atoms with Crippen molar-refractivity contribution in [3.63, 3.8) is 0 Å². The van der Waals surface area contributed by atoms with E-state index in [9.17, 15) is 4.79 Å². The lowest BCUT2D eigenvalue weighted by Crippen LogP contribution is -2.23. The molecule has 1 N–H and O–H groups in total. The number of hydrazone groups is 1. The smallest absolute Gasteiger partial charge is 0.271 e. The zero-order valence-corrected chi connectivity index (χ0v) is 15.2. The van der Waals surface area contributed by atoms with E-state index in [2.05, 4.69) is 47.5 Å². The average molecular weight is 354 g/mol. The van der Waals surface area contributed by atoms with Crippen LogP contribution in [0.4, 0.5) is 5.69 Å². The van der Waals surface area contributed by atoms with Crippen molar-refractivity contribution >= 4 is 29.4 Å². The molecule has 1 aliphatic heterocycles. The molecule has 25 heavy (non-hydrogen) atoms. The van der Waals surface area contributed by atoms with Gasteiger partial charge >= 0.3 is 0 Å². The fourth-order valence-corrected chi connectivity index (χ4v) is 3.30. The maximum atomic E-state index is 12.0. The Morgan fingerprint density at radius 3 is 2.52 bits per heavy atom. The summed E-state index contributed by atoms with van der Waals surface area (Å²) in [6.45, 7) is 4.36. The lowest BCUT2D eigenvalue weighted by atomic mass is 9.84. The number of allylic oxidation sites excluding steroid dienone is 2. The van der Waals surface area contributed by atoms with E-state index in [1.165, 1.54) is 11.3 Å². The van der Waals surface area contributed by atoms with Gasteiger partial charge in [-0.25, -0.2) is 5.43 Å². The lowest BCUT2D eigenvalue weighted by molar-refractivity contribution is 0.0955. The van der Waals surface area contributed by atoms with Crippen LogP contribution >= 0.6 is 11.6 Å². The van der Waals surface area contributed by atoms with Crippen LogP contribution in [0.3, 0.4) is 0 Å². The molecule has 0 spiro atoms. The van der Waals surface area contributed by atoms with E-state index in [1.54, 1.807) is 30.5 Å². The topological polar surface area (TPSA) is 44.7 Å². The van der Waals surface area contributed by atoms with Crippen molar-refractivity contribution in [2.75, 3.05) is 11.9 Å². The first-order valence-corrected chi connectivity index (χ1v) is 8.42. The van der Waals surface area contributed by atoms with Gasteiger partial charge in [0.25, 0.3) is 5.91 Å². The van der Waals surface area contributed by atoms with Crippen molar-refractivity contribution in [3.8, 4) is 0 Å². The Bertz CT molecular complexity index is 853. The van der Waals surface area contributed by atoms with E-state index in [-0.39, 0.29) is 11.3 Å². The minimum atomic E-state index is -0.270. The molecule has 0 saturated carbocycles. The number of halogens is 1. The Morgan fingerprint density at radius 1 is 1.16 bits per heavy atom. The van der Waals surface area contributed by atoms with Crippen molar-refractivity contribution < 1.29 is 4.79 Å². The van der Waals surface area contributed by atoms with Gasteiger partial charge in [0.1, 0.15) is 0 Å². The van der Waals surface area contributed by atoms with Crippen LogP contribution in [0.5, 0.6) is 0 Å². The van der Waals surface area contributed by atoms with E-state index < -0.39 is 0 Å². The minimum absolute atomic E-state index is 0.114. The minimum Gasteiger partial charge on any atom is -0.347 e. The molecule has 0 saturated heterocycles. The summed E-state index contributed by atoms with van der Waals surface area (Å²) >= 11 is 5.82. The van der Waals surface area contributed by atoms with Gasteiger partial charge in [-0.2, -0.15) is 5.10 Å². The Morgan fingerprint density at radius 2 is 1.84 bits per heavy atom. The molecule has 1 heterocycles. The summed E-state index contributed by atoms with van der Waals surface area (Å²) in [5, 5.41) is 4.63. The zero-order valence-electron chi connectivity index (χ0n) is 14.5. The number of para-hydroxylation sites is 1. The van der Waals surface area contributed by atoms with E-state index in [0.29, 0.717) is 10.6 Å². The highest BCUT2D eigenvalue weighted by molar-refractivity contribution is 6.30. The molecule has 5 heteroatoms. The molecule has 2 aromatic carbocycles. The Kier molecular flexibility index (Phi) is 4.64. The first kappa shape index (κ1) is 17.2. The van der Waals surface area contributed by atoms with Crippen molar-refractivity contribution in [2.24, 2.45) is 5.10 Å². The number of anilines is 1. The van der Waals surface area contributed by atoms with Gasteiger partial charge in [-0.05, 0) is 42.0 Å². The predicted molar refractivity (Wildman–Crippen MR) is 103 cm³/mol. The van der Waals surface area contributed by atoms with Gasteiger partial charge in [-0.15, -0.1) is 0 Å². The summed E-state index contributed by atoms with van der Waals surface area (Å²) in [5.74, 6) is -0.270. The third kappa shape index (κ3) is 3.30. The Labute approximate surface area is 152 Å². The predicted octanol–water partition coefficient (Wildman–Crippen LogP) is 4.37. The molecule has 0 bridgehead atoms. The number of rotatable bonds is 3. The van der Waals surface area contributed by atoms with Crippen molar-refractivity contribution in [1.29, 1.82) is 0 Å². The lowest BCUT2D eigenvalue weighted by Gasteiger charge is -2.23. The van der Waals surface area contributed by atoms with E-state index >= 15 is 0 Å². The van der Waals surface area contributed by atoms with Crippen LogP contribution in [0, 0.1) is 0 Å². The highest BCUT2D eigenvalue weighted by atomic mass is 35.5. The number of nitrogens with one attached hydrogen (secondary N) is 1. The number of hydrogen-bond acceptors (Lipinski definition) is 3. The molecule has 0 atom stereocenters. The summed E-state index contributed by atoms with van der Waals surface area (Å²) in [5.41, 5.74) is 6.53. The highest BCUT2D eigenvalue weighted by Gasteiger charge is 2.37. The van der Waals surface area contributed by atoms with Gasteiger partial charge in [0.15, 0.2) is 0 Å². The number of hydrogen-bond donors (Lipinski definition) is 1. The number of carbonyl (C=O) groups is 1. The normalized spacial score (nSPS) is 17.1. The molecule has 2 aromatic rings. The number of benzene rings is 2. The highest BCUT2D eigenvalue weighted by Crippen LogP contribution is 2.46. The van der Waals surface area contributed by atoms with E-state index in [4.69, 9.17) is 11.6 Å². The largest absolute Gasteiger partial charge is 0.347 e. The average Bonchev–Trinajstić information content (AvgIpc) is 2.79. The van der Waals surface area contributed by atoms with Gasteiger partial charge < -0.3 is 4.90 Å². The molecule has 1 aliphatic rings. The van der Waals surface area contributed by atoms with Crippen molar-refractivity contribution in [2.45, 2.75) is 19.3 Å². The quantitative estimate of drug-likeness (QED) is 0.658. The maximum absolute atomic E-state index is 12.0. The summed E-state index contributed by atoms with van der Waals surface area (Å²) in [6, 6.07) is 15.0. The van der Waals surface area contributed by atoms with Crippen LogP contribution in [0.15, 0.2) is 65.4 Å². The molecule has 0 aliphatic carbocycles. The van der Waals surface area contributed by atoms with Crippen LogP contribution < -0.4 is 10.3 Å². The SMILES string of the molecule is CN1/C(=C\C=N\NC(=O)c2ccc(Cl)cc2)C(C)(C)c2ccccc21. The summed E-state index contributed by atoms with van der Waals surface area (Å²) < 4.78 is 0. The molecular formula is C20H20ClN3O. The third-order valence-corrected chi connectivity index (χ3v) is 4.77. The van der Waals surface area contributed by atoms with E-state index in [0.717, 1.165) is 5.70 Å². The van der Waals surface area contributed by atoms with Crippen molar-refractivity contribution in [1.82, 2.24) is 5.43 Å². The van der Waals surface area contributed by atoms with Crippen LogP contribution in [-0.4, -0.2) is 19.2 Å². The molecular weight excluding hydrogens is 334 g/mol. The van der Waals surface area contributed by atoms with Crippen molar-refractivity contribution in [3.05, 3.63) is 76.5 Å². The maximum Gasteiger partial charge on any atom is 0.271 e. The molecule has 1 amide bonds. The summed E-state index contributed by atoms with van der Waals surface area (Å²) in [4.78, 5) is 14.2. The van der Waals surface area contributed by atoms with Gasteiger partial charge in [0.2, 0.25) is 0 Å². The molecule has 3 rings (SSSR count). The Balaban J connectivity index is 1.73. The Hall–Kier alpha value is -2.59. The second-order valence-corrected chi connectivity index (χ2v) is 6.92. The molecule has 4 nitrogen and oxygen atoms in total. The fraction of sp³-hybridized carbons (Fsp3) is 0.200. The van der Waals surface area contributed by atoms with Gasteiger partial charge in [0, 0.05) is 40.6 Å². The number of carbonyl (C=O) groups excluding carboxylic acids is 1. The molecule has 0 unspecified atom stereocenters. The number of likely N-dealkylation sites (N-methyl/N-ethyl adjacent to an activating group) is 1. The fourth-order valence-electron chi connectivity index (χ4n) is 3.17. The first-order valence-electron chi connectivity index (χ1n) is 8.04. The second kappa shape index (κ2) is 6.73. The monoisotopic (exact) mass is 353 g/mol. The van der Waals surface area contributed by atoms with Crippen LogP contribution in [0.2, 0.25) is 5.02 Å². The standard InChI is InChI=1S/C20H20ClN3O/c1-20(2)16-6-4-5-7-17(16)24(3)18(20)12-13-22-23-19(25)14-8-10-15(21)11-9-14/h4-13H,1-3H3,(H,23,25)/b18-12-,22-13+. The molecule has 0 fully saturated rings. The van der Waals surface area contributed by atoms with Crippen LogP contribution in [0.25, 0.3) is 0 Å². The first-order chi connectivity index (χ1) is 11.9. The third-order valence-electron chi connectivity index (χ3n) is 4.52. The molecule has 128 valence electrons. The summed E-state index contributed by atoms with van der Waals surface area (Å²) in [6.07, 6.45) is 3.55. The van der Waals surface area contributed by atoms with Crippen LogP contribution in [0.1, 0.15) is 29.8 Å². The molecule has 0 aromatic heterocycles. The number of fused-ring (bicyclic) bond motifs is 1. The summed E-state index contributed by atoms with van der Waals surface area (Å²) in [7, 11) is 2.04. The van der Waals surface area contributed by atoms with E-state index in [1.807, 2.05) is 19.2 Å². The van der Waals surface area contributed by atoms with Gasteiger partial charge in [0.05, 0.1) is 0 Å². The number of amides is 1. The second-order valence-electron chi connectivity index (χ2n) is 6.48.